The van der Waals surface area contributed by atoms with Gasteiger partial charge in [0, 0.05) is 13.1 Å². The van der Waals surface area contributed by atoms with Crippen LogP contribution in [0.3, 0.4) is 0 Å². The van der Waals surface area contributed by atoms with Gasteiger partial charge in [0.15, 0.2) is 0 Å². The molecule has 0 atom stereocenters. The van der Waals surface area contributed by atoms with E-state index in [4.69, 9.17) is 4.84 Å². The Morgan fingerprint density at radius 3 is 1.06 bits per heavy atom. The molecule has 5 heteroatoms. The van der Waals surface area contributed by atoms with Crippen molar-refractivity contribution in [2.75, 3.05) is 19.7 Å². The van der Waals surface area contributed by atoms with Crippen molar-refractivity contribution in [3.63, 3.8) is 0 Å². The number of nitrogens with zero attached hydrogens (tertiary/aromatic N) is 1. The van der Waals surface area contributed by atoms with E-state index in [0.29, 0.717) is 0 Å². The second kappa shape index (κ2) is 35.8. The third-order valence-electron chi connectivity index (χ3n) is 5.79. The molecule has 0 aliphatic heterocycles. The number of hydrogen-bond acceptors (Lipinski definition) is 2. The van der Waals surface area contributed by atoms with Crippen LogP contribution in [0, 0.1) is 0 Å². The maximum absolute atomic E-state index is 6.14. The zero-order valence-electron chi connectivity index (χ0n) is 21.4. The maximum atomic E-state index is 6.14. The molecule has 0 bridgehead atoms. The van der Waals surface area contributed by atoms with Crippen LogP contribution in [0.2, 0.25) is 0 Å². The SMILES string of the molecule is CCCCCCCCCCN(CCCCCCCCCC)OCCCCCC.[Cl-].[Cl-].[Ti+2]. The number of rotatable bonds is 24. The van der Waals surface area contributed by atoms with E-state index in [0.717, 1.165) is 19.7 Å². The van der Waals surface area contributed by atoms with Crippen molar-refractivity contribution in [2.45, 2.75) is 149 Å². The van der Waals surface area contributed by atoms with Gasteiger partial charge in [0.05, 0.1) is 6.61 Å². The van der Waals surface area contributed by atoms with Gasteiger partial charge in [0.1, 0.15) is 0 Å². The molecule has 0 spiro atoms. The average Bonchev–Trinajstić information content (AvgIpc) is 2.71. The monoisotopic (exact) mass is 515 g/mol. The van der Waals surface area contributed by atoms with Gasteiger partial charge in [0.25, 0.3) is 0 Å². The molecule has 0 aromatic carbocycles. The Bertz CT molecular complexity index is 266. The largest absolute Gasteiger partial charge is 2.00 e. The Morgan fingerprint density at radius 2 is 0.710 bits per heavy atom. The smallest absolute Gasteiger partial charge is 1.00 e. The molecule has 31 heavy (non-hydrogen) atoms. The minimum Gasteiger partial charge on any atom is -1.00 e. The Balaban J connectivity index is -0.00000121. The van der Waals surface area contributed by atoms with Crippen molar-refractivity contribution >= 4 is 0 Å². The van der Waals surface area contributed by atoms with E-state index in [2.05, 4.69) is 25.8 Å². The molecule has 0 aromatic rings. The second-order valence-corrected chi connectivity index (χ2v) is 8.77. The first kappa shape index (κ1) is 39.4. The van der Waals surface area contributed by atoms with Crippen LogP contribution in [0.1, 0.15) is 149 Å². The summed E-state index contributed by atoms with van der Waals surface area (Å²) in [7, 11) is 0. The van der Waals surface area contributed by atoms with Crippen LogP contribution in [-0.4, -0.2) is 24.8 Å². The summed E-state index contributed by atoms with van der Waals surface area (Å²) in [6, 6.07) is 0. The fourth-order valence-corrected chi connectivity index (χ4v) is 3.81. The Kier molecular flexibility index (Phi) is 45.5. The third kappa shape index (κ3) is 33.5. The van der Waals surface area contributed by atoms with E-state index in [-0.39, 0.29) is 46.5 Å². The summed E-state index contributed by atoms with van der Waals surface area (Å²) in [6.07, 6.45) is 27.5. The van der Waals surface area contributed by atoms with Gasteiger partial charge in [-0.15, -0.1) is 0 Å². The molecule has 0 amide bonds. The topological polar surface area (TPSA) is 12.5 Å². The fourth-order valence-electron chi connectivity index (χ4n) is 3.81. The van der Waals surface area contributed by atoms with Crippen LogP contribution >= 0.6 is 0 Å². The normalized spacial score (nSPS) is 10.5. The molecule has 2 nitrogen and oxygen atoms in total. The van der Waals surface area contributed by atoms with Gasteiger partial charge >= 0.3 is 21.7 Å². The predicted octanol–water partition coefficient (Wildman–Crippen LogP) is 3.09. The van der Waals surface area contributed by atoms with Crippen LogP contribution in [0.25, 0.3) is 0 Å². The van der Waals surface area contributed by atoms with E-state index < -0.39 is 0 Å². The zero-order chi connectivity index (χ0) is 20.5. The maximum Gasteiger partial charge on any atom is 2.00 e. The van der Waals surface area contributed by atoms with E-state index in [1.807, 2.05) is 0 Å². The predicted molar refractivity (Wildman–Crippen MR) is 127 cm³/mol. The quantitative estimate of drug-likeness (QED) is 0.111. The van der Waals surface area contributed by atoms with Gasteiger partial charge in [-0.2, -0.15) is 5.06 Å². The first-order valence-electron chi connectivity index (χ1n) is 13.2. The molecule has 0 aromatic heterocycles. The van der Waals surface area contributed by atoms with Crippen LogP contribution in [0.4, 0.5) is 0 Å². The van der Waals surface area contributed by atoms with Gasteiger partial charge in [0.2, 0.25) is 0 Å². The summed E-state index contributed by atoms with van der Waals surface area (Å²) in [4.78, 5) is 6.14. The van der Waals surface area contributed by atoms with E-state index in [1.54, 1.807) is 0 Å². The first-order chi connectivity index (χ1) is 13.8. The van der Waals surface area contributed by atoms with Gasteiger partial charge in [-0.3, -0.25) is 4.84 Å². The van der Waals surface area contributed by atoms with Crippen LogP contribution < -0.4 is 24.8 Å². The molecule has 0 saturated carbocycles. The number of halogens is 2. The molecule has 0 N–H and O–H groups in total. The van der Waals surface area contributed by atoms with Gasteiger partial charge in [-0.05, 0) is 19.3 Å². The van der Waals surface area contributed by atoms with Gasteiger partial charge < -0.3 is 24.8 Å². The summed E-state index contributed by atoms with van der Waals surface area (Å²) >= 11 is 0. The molecule has 0 heterocycles. The van der Waals surface area contributed by atoms with Crippen LogP contribution in [-0.2, 0) is 26.6 Å². The molecular weight excluding hydrogens is 461 g/mol. The van der Waals surface area contributed by atoms with Crippen molar-refractivity contribution in [1.82, 2.24) is 5.06 Å². The third-order valence-corrected chi connectivity index (χ3v) is 5.79. The Hall–Kier alpha value is 1.21. The Morgan fingerprint density at radius 1 is 0.419 bits per heavy atom. The van der Waals surface area contributed by atoms with E-state index in [1.165, 1.54) is 128 Å². The first-order valence-corrected chi connectivity index (χ1v) is 13.2. The van der Waals surface area contributed by atoms with Crippen LogP contribution in [0.15, 0.2) is 0 Å². The van der Waals surface area contributed by atoms with Gasteiger partial charge in [-0.25, -0.2) is 0 Å². The molecule has 0 fully saturated rings. The summed E-state index contributed by atoms with van der Waals surface area (Å²) in [5.74, 6) is 0. The average molecular weight is 517 g/mol. The van der Waals surface area contributed by atoms with Crippen molar-refractivity contribution in [3.8, 4) is 0 Å². The fraction of sp³-hybridized carbons (Fsp3) is 1.00. The molecule has 0 radical (unpaired) electrons. The second-order valence-electron chi connectivity index (χ2n) is 8.77. The molecule has 0 saturated heterocycles. The minimum atomic E-state index is 0. The van der Waals surface area contributed by atoms with Crippen molar-refractivity contribution in [2.24, 2.45) is 0 Å². The molecule has 0 aliphatic rings. The van der Waals surface area contributed by atoms with Crippen molar-refractivity contribution in [3.05, 3.63) is 0 Å². The van der Waals surface area contributed by atoms with Crippen molar-refractivity contribution in [1.29, 1.82) is 0 Å². The summed E-state index contributed by atoms with van der Waals surface area (Å²) in [5.41, 5.74) is 0. The number of hydrogen-bond donors (Lipinski definition) is 0. The number of unbranched alkanes of at least 4 members (excludes halogenated alkanes) is 17. The molecule has 188 valence electrons. The summed E-state index contributed by atoms with van der Waals surface area (Å²) < 4.78 is 0. The Labute approximate surface area is 224 Å². The van der Waals surface area contributed by atoms with Gasteiger partial charge in [-0.1, -0.05) is 130 Å². The van der Waals surface area contributed by atoms with E-state index >= 15 is 0 Å². The zero-order valence-corrected chi connectivity index (χ0v) is 24.4. The van der Waals surface area contributed by atoms with E-state index in [9.17, 15) is 0 Å². The molecule has 0 aliphatic carbocycles. The number of hydroxylamine groups is 2. The molecular formula is C26H55Cl2NOTi. The van der Waals surface area contributed by atoms with Crippen LogP contribution in [0.5, 0.6) is 0 Å². The van der Waals surface area contributed by atoms with Crippen molar-refractivity contribution < 1.29 is 51.4 Å². The standard InChI is InChI=1S/C26H55NO.2ClH.Ti/c1-4-7-10-13-15-17-19-21-24-27(28-26-23-12-9-6-3)25-22-20-18-16-14-11-8-5-2;;;/h4-26H2,1-3H3;2*1H;/q;;;+2/p-2. The minimum absolute atomic E-state index is 0. The summed E-state index contributed by atoms with van der Waals surface area (Å²) in [5, 5.41) is 2.31. The molecule has 0 rings (SSSR count). The summed E-state index contributed by atoms with van der Waals surface area (Å²) in [6.45, 7) is 10.1. The molecule has 0 unspecified atom stereocenters.